The Hall–Kier alpha value is -0.570. The first kappa shape index (κ1) is 12.9. The number of hydrogen-bond donors (Lipinski definition) is 0. The number of benzene rings is 2. The smallest absolute Gasteiger partial charge is 0.0485 e. The molecule has 0 aliphatic rings. The van der Waals surface area contributed by atoms with Gasteiger partial charge in [0.2, 0.25) is 0 Å². The topological polar surface area (TPSA) is 0 Å². The monoisotopic (exact) mass is 280 g/mol. The first-order chi connectivity index (χ1) is 8.33. The Kier molecular flexibility index (Phi) is 4.84. The molecular weight excluding hydrogens is 268 g/mol. The van der Waals surface area contributed by atoms with E-state index < -0.39 is 0 Å². The first-order valence-corrected chi connectivity index (χ1v) is 7.87. The summed E-state index contributed by atoms with van der Waals surface area (Å²) in [7, 11) is 0. The van der Waals surface area contributed by atoms with Crippen LogP contribution in [0.15, 0.2) is 63.2 Å². The van der Waals surface area contributed by atoms with Crippen LogP contribution in [0, 0.1) is 0 Å². The zero-order valence-electron chi connectivity index (χ0n) is 9.52. The van der Waals surface area contributed by atoms with Gasteiger partial charge in [0.15, 0.2) is 0 Å². The lowest BCUT2D eigenvalue weighted by molar-refractivity contribution is 1.25. The quantitative estimate of drug-likeness (QED) is 0.551. The van der Waals surface area contributed by atoms with Crippen molar-refractivity contribution in [1.82, 2.24) is 0 Å². The Morgan fingerprint density at radius 2 is 1.59 bits per heavy atom. The van der Waals surface area contributed by atoms with E-state index in [2.05, 4.69) is 48.7 Å². The maximum atomic E-state index is 5.93. The van der Waals surface area contributed by atoms with Gasteiger partial charge in [-0.25, -0.2) is 0 Å². The Bertz CT molecular complexity index is 480. The molecule has 0 fully saturated rings. The van der Waals surface area contributed by atoms with Gasteiger partial charge in [-0.15, -0.1) is 23.4 Å². The second-order valence-corrected chi connectivity index (χ2v) is 5.78. The molecule has 17 heavy (non-hydrogen) atoms. The van der Waals surface area contributed by atoms with Gasteiger partial charge >= 0.3 is 0 Å². The molecule has 3 heteroatoms. The molecule has 0 aliphatic carbocycles. The second-order valence-electron chi connectivity index (χ2n) is 3.52. The maximum absolute atomic E-state index is 5.93. The van der Waals surface area contributed by atoms with Gasteiger partial charge in [-0.1, -0.05) is 30.0 Å². The molecule has 0 saturated heterocycles. The predicted molar refractivity (Wildman–Crippen MR) is 78.3 cm³/mol. The van der Waals surface area contributed by atoms with Crippen molar-refractivity contribution in [3.63, 3.8) is 0 Å². The fourth-order valence-corrected chi connectivity index (χ4v) is 3.15. The Labute approximate surface area is 116 Å². The lowest BCUT2D eigenvalue weighted by atomic mass is 10.2. The number of halogens is 1. The van der Waals surface area contributed by atoms with Gasteiger partial charge in [-0.05, 0) is 42.2 Å². The zero-order chi connectivity index (χ0) is 12.1. The lowest BCUT2D eigenvalue weighted by Crippen LogP contribution is -1.82. The van der Waals surface area contributed by atoms with Crippen molar-refractivity contribution in [2.24, 2.45) is 0 Å². The summed E-state index contributed by atoms with van der Waals surface area (Å²) in [4.78, 5) is 3.78. The summed E-state index contributed by atoms with van der Waals surface area (Å²) in [6.45, 7) is 0. The normalized spacial score (nSPS) is 10.5. The van der Waals surface area contributed by atoms with Crippen LogP contribution in [0.5, 0.6) is 0 Å². The highest BCUT2D eigenvalue weighted by Gasteiger charge is 2.02. The van der Waals surface area contributed by atoms with Crippen LogP contribution in [0.25, 0.3) is 0 Å². The molecule has 2 aromatic carbocycles. The van der Waals surface area contributed by atoms with E-state index in [9.17, 15) is 0 Å². The number of rotatable bonds is 4. The highest BCUT2D eigenvalue weighted by atomic mass is 35.5. The molecule has 0 aromatic heterocycles. The van der Waals surface area contributed by atoms with Crippen LogP contribution in [0.4, 0.5) is 0 Å². The molecule has 0 heterocycles. The molecule has 0 spiro atoms. The fourth-order valence-electron chi connectivity index (χ4n) is 1.48. The molecule has 0 nitrogen and oxygen atoms in total. The third-order valence-electron chi connectivity index (χ3n) is 2.40. The molecular formula is C14H13ClS2. The summed E-state index contributed by atoms with van der Waals surface area (Å²) >= 11 is 9.45. The summed E-state index contributed by atoms with van der Waals surface area (Å²) in [6, 6.07) is 16.9. The van der Waals surface area contributed by atoms with Gasteiger partial charge in [0.25, 0.3) is 0 Å². The minimum atomic E-state index is 0.562. The van der Waals surface area contributed by atoms with Crippen molar-refractivity contribution in [2.45, 2.75) is 20.6 Å². The van der Waals surface area contributed by atoms with Crippen molar-refractivity contribution in [3.8, 4) is 0 Å². The van der Waals surface area contributed by atoms with E-state index >= 15 is 0 Å². The van der Waals surface area contributed by atoms with E-state index in [0.717, 1.165) is 0 Å². The molecule has 2 rings (SSSR count). The van der Waals surface area contributed by atoms with Crippen LogP contribution < -0.4 is 0 Å². The van der Waals surface area contributed by atoms with Gasteiger partial charge in [0.1, 0.15) is 0 Å². The highest BCUT2D eigenvalue weighted by molar-refractivity contribution is 7.99. The van der Waals surface area contributed by atoms with Crippen LogP contribution in [-0.2, 0) is 5.88 Å². The van der Waals surface area contributed by atoms with Gasteiger partial charge in [0.05, 0.1) is 0 Å². The largest absolute Gasteiger partial charge is 0.130 e. The molecule has 0 bridgehead atoms. The molecule has 0 radical (unpaired) electrons. The van der Waals surface area contributed by atoms with Crippen molar-refractivity contribution >= 4 is 35.1 Å². The fraction of sp³-hybridized carbons (Fsp3) is 0.143. The molecule has 2 aromatic rings. The van der Waals surface area contributed by atoms with E-state index in [0.29, 0.717) is 5.88 Å². The van der Waals surface area contributed by atoms with Crippen molar-refractivity contribution in [2.75, 3.05) is 6.26 Å². The third-order valence-corrected chi connectivity index (χ3v) is 4.56. The standard InChI is InChI=1S/C14H13ClS2/c1-16-12-6-8-13(9-7-12)17-14-5-3-2-4-11(14)10-15/h2-9H,10H2,1H3. The summed E-state index contributed by atoms with van der Waals surface area (Å²) < 4.78 is 0. The molecule has 0 unspecified atom stereocenters. The van der Waals surface area contributed by atoms with E-state index in [1.54, 1.807) is 23.5 Å². The second kappa shape index (κ2) is 6.39. The first-order valence-electron chi connectivity index (χ1n) is 5.29. The van der Waals surface area contributed by atoms with Gasteiger partial charge in [-0.3, -0.25) is 0 Å². The molecule has 0 aliphatic heterocycles. The van der Waals surface area contributed by atoms with Crippen molar-refractivity contribution < 1.29 is 0 Å². The van der Waals surface area contributed by atoms with Crippen LogP contribution in [0.2, 0.25) is 0 Å². The summed E-state index contributed by atoms with van der Waals surface area (Å²) in [5.74, 6) is 0.562. The molecule has 0 atom stereocenters. The maximum Gasteiger partial charge on any atom is 0.0485 e. The highest BCUT2D eigenvalue weighted by Crippen LogP contribution is 2.32. The average Bonchev–Trinajstić information content (AvgIpc) is 2.40. The molecule has 88 valence electrons. The Balaban J connectivity index is 2.19. The zero-order valence-corrected chi connectivity index (χ0v) is 11.9. The SMILES string of the molecule is CSc1ccc(Sc2ccccc2CCl)cc1. The van der Waals surface area contributed by atoms with E-state index in [1.165, 1.54) is 20.2 Å². The minimum absolute atomic E-state index is 0.562. The minimum Gasteiger partial charge on any atom is -0.130 e. The number of hydrogen-bond acceptors (Lipinski definition) is 2. The van der Waals surface area contributed by atoms with Crippen molar-refractivity contribution in [1.29, 1.82) is 0 Å². The Morgan fingerprint density at radius 1 is 0.941 bits per heavy atom. The van der Waals surface area contributed by atoms with E-state index in [-0.39, 0.29) is 0 Å². The molecule has 0 N–H and O–H groups in total. The van der Waals surface area contributed by atoms with Gasteiger partial charge in [-0.2, -0.15) is 0 Å². The van der Waals surface area contributed by atoms with Crippen LogP contribution in [-0.4, -0.2) is 6.26 Å². The third kappa shape index (κ3) is 3.44. The summed E-state index contributed by atoms with van der Waals surface area (Å²) in [5.41, 5.74) is 1.19. The van der Waals surface area contributed by atoms with E-state index in [4.69, 9.17) is 11.6 Å². The van der Waals surface area contributed by atoms with E-state index in [1.807, 2.05) is 6.07 Å². The number of thioether (sulfide) groups is 1. The predicted octanol–water partition coefficient (Wildman–Crippen LogP) is 5.30. The van der Waals surface area contributed by atoms with Crippen LogP contribution in [0.3, 0.4) is 0 Å². The Morgan fingerprint density at radius 3 is 2.24 bits per heavy atom. The summed E-state index contributed by atoms with van der Waals surface area (Å²) in [6.07, 6.45) is 2.09. The molecule has 0 saturated carbocycles. The van der Waals surface area contributed by atoms with Crippen LogP contribution in [0.1, 0.15) is 5.56 Å². The van der Waals surface area contributed by atoms with Crippen molar-refractivity contribution in [3.05, 3.63) is 54.1 Å². The number of alkyl halides is 1. The molecule has 0 amide bonds. The summed E-state index contributed by atoms with van der Waals surface area (Å²) in [5, 5.41) is 0. The van der Waals surface area contributed by atoms with Crippen LogP contribution >= 0.6 is 35.1 Å². The lowest BCUT2D eigenvalue weighted by Gasteiger charge is -2.06. The van der Waals surface area contributed by atoms with Gasteiger partial charge < -0.3 is 0 Å². The average molecular weight is 281 g/mol. The van der Waals surface area contributed by atoms with Gasteiger partial charge in [0, 0.05) is 20.6 Å².